The third-order valence-corrected chi connectivity index (χ3v) is 4.69. The number of hydrazone groups is 1. The van der Waals surface area contributed by atoms with E-state index >= 15 is 0 Å². The van der Waals surface area contributed by atoms with E-state index in [2.05, 4.69) is 46.3 Å². The molecule has 2 heterocycles. The fourth-order valence-electron chi connectivity index (χ4n) is 1.79. The lowest BCUT2D eigenvalue weighted by atomic mass is 9.92. The summed E-state index contributed by atoms with van der Waals surface area (Å²) < 4.78 is 10.4. The predicted octanol–water partition coefficient (Wildman–Crippen LogP) is 3.49. The maximum atomic E-state index is 5.20. The van der Waals surface area contributed by atoms with E-state index in [-0.39, 0.29) is 10.7 Å². The maximum absolute atomic E-state index is 5.20. The Hall–Kier alpha value is -2.35. The van der Waals surface area contributed by atoms with Gasteiger partial charge in [-0.05, 0) is 17.5 Å². The molecular formula is C17H23N5O2S. The normalized spacial score (nSPS) is 12.8. The molecule has 8 heteroatoms. The van der Waals surface area contributed by atoms with E-state index in [0.29, 0.717) is 22.7 Å². The molecule has 2 aromatic heterocycles. The number of rotatable bonds is 7. The lowest BCUT2D eigenvalue weighted by Crippen LogP contribution is -2.25. The minimum atomic E-state index is -0.0559. The van der Waals surface area contributed by atoms with Gasteiger partial charge in [-0.3, -0.25) is 5.43 Å². The zero-order valence-electron chi connectivity index (χ0n) is 15.1. The van der Waals surface area contributed by atoms with Crippen LogP contribution in [0.25, 0.3) is 0 Å². The van der Waals surface area contributed by atoms with Gasteiger partial charge in [0, 0.05) is 12.4 Å². The highest BCUT2D eigenvalue weighted by molar-refractivity contribution is 8.00. The molecule has 0 saturated carbocycles. The first-order valence-electron chi connectivity index (χ1n) is 7.76. The molecule has 0 aliphatic carbocycles. The fraction of sp³-hybridized carbons (Fsp3) is 0.412. The number of thioether (sulfide) groups is 1. The van der Waals surface area contributed by atoms with Crippen LogP contribution in [0.1, 0.15) is 20.8 Å². The van der Waals surface area contributed by atoms with Crippen molar-refractivity contribution < 1.29 is 9.47 Å². The summed E-state index contributed by atoms with van der Waals surface area (Å²) in [5.74, 6) is 1.62. The van der Waals surface area contributed by atoms with Gasteiger partial charge in [-0.15, -0.1) is 0 Å². The van der Waals surface area contributed by atoms with Crippen molar-refractivity contribution in [3.05, 3.63) is 30.5 Å². The van der Waals surface area contributed by atoms with E-state index < -0.39 is 0 Å². The molecule has 1 N–H and O–H groups in total. The van der Waals surface area contributed by atoms with E-state index in [1.807, 2.05) is 24.4 Å². The zero-order valence-corrected chi connectivity index (χ0v) is 15.9. The first kappa shape index (κ1) is 19.0. The van der Waals surface area contributed by atoms with Gasteiger partial charge in [0.25, 0.3) is 0 Å². The number of hydrogen-bond donors (Lipinski definition) is 1. The standard InChI is InChI=1S/C17H23N5O2S/c1-17(2,3)12(11-19-22-13-8-6-7-9-18-13)25-16-20-14(23-4)10-15(21-16)24-5/h6-12H,1-5H3,(H,18,22). The predicted molar refractivity (Wildman–Crippen MR) is 101 cm³/mol. The molecule has 0 amide bonds. The fourth-order valence-corrected chi connectivity index (χ4v) is 2.78. The lowest BCUT2D eigenvalue weighted by molar-refractivity contribution is 0.364. The van der Waals surface area contributed by atoms with E-state index in [0.717, 1.165) is 0 Å². The van der Waals surface area contributed by atoms with Gasteiger partial charge in [0.15, 0.2) is 5.16 Å². The average molecular weight is 361 g/mol. The Balaban J connectivity index is 2.15. The number of ether oxygens (including phenoxy) is 2. The van der Waals surface area contributed by atoms with Gasteiger partial charge in [-0.25, -0.2) is 4.98 Å². The highest BCUT2D eigenvalue weighted by Gasteiger charge is 2.26. The summed E-state index contributed by atoms with van der Waals surface area (Å²) in [5, 5.41) is 4.91. The molecule has 134 valence electrons. The third-order valence-electron chi connectivity index (χ3n) is 3.22. The molecule has 0 spiro atoms. The second-order valence-corrected chi connectivity index (χ2v) is 7.35. The van der Waals surface area contributed by atoms with E-state index in [1.165, 1.54) is 11.8 Å². The summed E-state index contributed by atoms with van der Waals surface area (Å²) in [7, 11) is 3.13. The third kappa shape index (κ3) is 5.90. The molecule has 0 aliphatic heterocycles. The van der Waals surface area contributed by atoms with Crippen molar-refractivity contribution in [3.63, 3.8) is 0 Å². The van der Waals surface area contributed by atoms with Gasteiger partial charge < -0.3 is 9.47 Å². The van der Waals surface area contributed by atoms with Gasteiger partial charge in [-0.1, -0.05) is 38.6 Å². The molecule has 0 fully saturated rings. The van der Waals surface area contributed by atoms with Crippen LogP contribution in [0.3, 0.4) is 0 Å². The van der Waals surface area contributed by atoms with E-state index in [1.54, 1.807) is 26.5 Å². The molecule has 2 aromatic rings. The quantitative estimate of drug-likeness (QED) is 0.350. The van der Waals surface area contributed by atoms with Gasteiger partial charge in [0.05, 0.1) is 25.5 Å². The van der Waals surface area contributed by atoms with Crippen LogP contribution >= 0.6 is 11.8 Å². The van der Waals surface area contributed by atoms with Crippen molar-refractivity contribution in [2.75, 3.05) is 19.6 Å². The van der Waals surface area contributed by atoms with Crippen LogP contribution in [0, 0.1) is 5.41 Å². The Labute approximate surface area is 152 Å². The van der Waals surface area contributed by atoms with Crippen LogP contribution in [0.5, 0.6) is 11.8 Å². The van der Waals surface area contributed by atoms with Gasteiger partial charge in [0.2, 0.25) is 11.8 Å². The van der Waals surface area contributed by atoms with Crippen LogP contribution in [0.4, 0.5) is 5.82 Å². The van der Waals surface area contributed by atoms with Crippen LogP contribution in [-0.2, 0) is 0 Å². The minimum Gasteiger partial charge on any atom is -0.481 e. The number of nitrogens with zero attached hydrogens (tertiary/aromatic N) is 4. The molecule has 7 nitrogen and oxygen atoms in total. The summed E-state index contributed by atoms with van der Waals surface area (Å²) in [5.41, 5.74) is 2.88. The van der Waals surface area contributed by atoms with Crippen molar-refractivity contribution in [1.82, 2.24) is 15.0 Å². The molecule has 25 heavy (non-hydrogen) atoms. The molecule has 0 saturated heterocycles. The summed E-state index contributed by atoms with van der Waals surface area (Å²) >= 11 is 1.50. The molecule has 0 aliphatic rings. The Morgan fingerprint density at radius 3 is 2.36 bits per heavy atom. The van der Waals surface area contributed by atoms with Crippen molar-refractivity contribution in [1.29, 1.82) is 0 Å². The second-order valence-electron chi connectivity index (χ2n) is 6.24. The van der Waals surface area contributed by atoms with Gasteiger partial charge in [0.1, 0.15) is 5.82 Å². The van der Waals surface area contributed by atoms with Crippen LogP contribution in [0.2, 0.25) is 0 Å². The Morgan fingerprint density at radius 1 is 1.16 bits per heavy atom. The van der Waals surface area contributed by atoms with Gasteiger partial charge >= 0.3 is 0 Å². The number of pyridine rings is 1. The molecule has 0 radical (unpaired) electrons. The van der Waals surface area contributed by atoms with E-state index in [4.69, 9.17) is 9.47 Å². The van der Waals surface area contributed by atoms with Crippen molar-refractivity contribution in [2.45, 2.75) is 31.2 Å². The van der Waals surface area contributed by atoms with Crippen LogP contribution < -0.4 is 14.9 Å². The molecular weight excluding hydrogens is 338 g/mol. The lowest BCUT2D eigenvalue weighted by Gasteiger charge is -2.26. The first-order chi connectivity index (χ1) is 11.9. The summed E-state index contributed by atoms with van der Waals surface area (Å²) in [4.78, 5) is 12.9. The number of methoxy groups -OCH3 is 2. The first-order valence-corrected chi connectivity index (χ1v) is 8.64. The summed E-state index contributed by atoms with van der Waals surface area (Å²) in [6.45, 7) is 6.40. The number of anilines is 1. The number of hydrogen-bond acceptors (Lipinski definition) is 8. The van der Waals surface area contributed by atoms with Crippen LogP contribution in [-0.4, -0.2) is 40.6 Å². The highest BCUT2D eigenvalue weighted by atomic mass is 32.2. The second kappa shape index (κ2) is 8.66. The number of aromatic nitrogens is 3. The largest absolute Gasteiger partial charge is 0.481 e. The average Bonchev–Trinajstić information content (AvgIpc) is 2.60. The Morgan fingerprint density at radius 2 is 1.84 bits per heavy atom. The topological polar surface area (TPSA) is 81.5 Å². The molecule has 1 atom stereocenters. The Kier molecular flexibility index (Phi) is 6.58. The smallest absolute Gasteiger partial charge is 0.220 e. The zero-order chi connectivity index (χ0) is 18.3. The molecule has 0 aromatic carbocycles. The van der Waals surface area contributed by atoms with E-state index in [9.17, 15) is 0 Å². The van der Waals surface area contributed by atoms with Crippen molar-refractivity contribution in [3.8, 4) is 11.8 Å². The number of nitrogens with one attached hydrogen (secondary N) is 1. The highest BCUT2D eigenvalue weighted by Crippen LogP contribution is 2.34. The molecule has 2 rings (SSSR count). The van der Waals surface area contributed by atoms with Crippen molar-refractivity contribution in [2.24, 2.45) is 10.5 Å². The summed E-state index contributed by atoms with van der Waals surface area (Å²) in [6, 6.07) is 7.26. The summed E-state index contributed by atoms with van der Waals surface area (Å²) in [6.07, 6.45) is 3.55. The SMILES string of the molecule is COc1cc(OC)nc(SC(C=NNc2ccccn2)C(C)(C)C)n1. The van der Waals surface area contributed by atoms with Crippen molar-refractivity contribution >= 4 is 23.8 Å². The van der Waals surface area contributed by atoms with Crippen LogP contribution in [0.15, 0.2) is 40.7 Å². The maximum Gasteiger partial charge on any atom is 0.220 e. The van der Waals surface area contributed by atoms with Gasteiger partial charge in [-0.2, -0.15) is 15.1 Å². The molecule has 0 bridgehead atoms. The monoisotopic (exact) mass is 361 g/mol. The molecule has 1 unspecified atom stereocenters. The minimum absolute atomic E-state index is 0.0283. The Bertz CT molecular complexity index is 682.